The van der Waals surface area contributed by atoms with Crippen molar-refractivity contribution >= 4 is 11.8 Å². The number of hydrogen-bond donors (Lipinski definition) is 3. The molecule has 0 aromatic carbocycles. The van der Waals surface area contributed by atoms with E-state index in [4.69, 9.17) is 5.11 Å². The van der Waals surface area contributed by atoms with Crippen molar-refractivity contribution in [3.63, 3.8) is 0 Å². The Labute approximate surface area is 91.1 Å². The Morgan fingerprint density at radius 1 is 1.62 bits per heavy atom. The highest BCUT2D eigenvalue weighted by Gasteiger charge is 2.29. The lowest BCUT2D eigenvalue weighted by Gasteiger charge is -2.34. The van der Waals surface area contributed by atoms with Crippen molar-refractivity contribution in [2.45, 2.75) is 6.04 Å². The summed E-state index contributed by atoms with van der Waals surface area (Å²) in [4.78, 5) is 30.1. The average Bonchev–Trinajstić information content (AvgIpc) is 2.29. The summed E-state index contributed by atoms with van der Waals surface area (Å²) in [5.74, 6) is -0.521. The predicted molar refractivity (Wildman–Crippen MR) is 56.5 cm³/mol. The third-order valence-corrected chi connectivity index (χ3v) is 2.49. The lowest BCUT2D eigenvalue weighted by atomic mass is 10.2. The number of nitrogens with zero attached hydrogens (tertiary/aromatic N) is 2. The van der Waals surface area contributed by atoms with Crippen molar-refractivity contribution < 1.29 is 9.90 Å². The summed E-state index contributed by atoms with van der Waals surface area (Å²) in [6, 6.07) is 0.629. The Bertz CT molecular complexity index is 444. The second-order valence-corrected chi connectivity index (χ2v) is 3.52. The van der Waals surface area contributed by atoms with Gasteiger partial charge in [-0.1, -0.05) is 0 Å². The van der Waals surface area contributed by atoms with Crippen LogP contribution in [0.4, 0.5) is 5.82 Å². The van der Waals surface area contributed by atoms with Crippen LogP contribution < -0.4 is 15.8 Å². The number of hydrogen-bond acceptors (Lipinski definition) is 5. The largest absolute Gasteiger partial charge is 0.480 e. The topological polar surface area (TPSA) is 98.3 Å². The van der Waals surface area contributed by atoms with Crippen LogP contribution in [0.15, 0.2) is 17.2 Å². The zero-order valence-electron chi connectivity index (χ0n) is 8.51. The van der Waals surface area contributed by atoms with Crippen LogP contribution in [0.5, 0.6) is 0 Å². The van der Waals surface area contributed by atoms with E-state index >= 15 is 0 Å². The van der Waals surface area contributed by atoms with E-state index in [9.17, 15) is 9.59 Å². The zero-order chi connectivity index (χ0) is 11.5. The molecule has 0 amide bonds. The molecule has 7 nitrogen and oxygen atoms in total. The van der Waals surface area contributed by atoms with Gasteiger partial charge < -0.3 is 20.3 Å². The number of nitrogens with one attached hydrogen (secondary N) is 2. The van der Waals surface area contributed by atoms with Crippen molar-refractivity contribution in [2.24, 2.45) is 0 Å². The number of aromatic amines is 1. The lowest BCUT2D eigenvalue weighted by Crippen LogP contribution is -2.55. The van der Waals surface area contributed by atoms with Gasteiger partial charge in [0.05, 0.1) is 6.33 Å². The third-order valence-electron chi connectivity index (χ3n) is 2.49. The van der Waals surface area contributed by atoms with Gasteiger partial charge in [0.1, 0.15) is 11.9 Å². The summed E-state index contributed by atoms with van der Waals surface area (Å²) in [5, 5.41) is 12.0. The summed E-state index contributed by atoms with van der Waals surface area (Å²) in [5.41, 5.74) is -0.285. The average molecular weight is 224 g/mol. The molecule has 1 unspecified atom stereocenters. The standard InChI is InChI=1S/C9H12N4O3/c14-8-3-7(11-5-12-8)13-2-1-10-4-6(13)9(15)16/h3,5-6,10H,1-2,4H2,(H,15,16)(H,11,12,14). The van der Waals surface area contributed by atoms with Crippen molar-refractivity contribution in [3.8, 4) is 0 Å². The van der Waals surface area contributed by atoms with Crippen LogP contribution in [0.3, 0.4) is 0 Å². The lowest BCUT2D eigenvalue weighted by molar-refractivity contribution is -0.138. The maximum atomic E-state index is 11.1. The normalized spacial score (nSPS) is 20.8. The number of anilines is 1. The van der Waals surface area contributed by atoms with Gasteiger partial charge in [-0.15, -0.1) is 0 Å². The van der Waals surface area contributed by atoms with E-state index < -0.39 is 12.0 Å². The minimum atomic E-state index is -0.922. The van der Waals surface area contributed by atoms with E-state index in [1.807, 2.05) is 0 Å². The van der Waals surface area contributed by atoms with Crippen LogP contribution >= 0.6 is 0 Å². The van der Waals surface area contributed by atoms with E-state index in [1.54, 1.807) is 4.90 Å². The molecule has 7 heteroatoms. The summed E-state index contributed by atoms with van der Waals surface area (Å²) >= 11 is 0. The molecule has 0 bridgehead atoms. The van der Waals surface area contributed by atoms with Crippen molar-refractivity contribution in [1.82, 2.24) is 15.3 Å². The second kappa shape index (κ2) is 4.31. The molecule has 0 radical (unpaired) electrons. The molecule has 0 saturated carbocycles. The van der Waals surface area contributed by atoms with Gasteiger partial charge in [0.15, 0.2) is 0 Å². The molecule has 0 spiro atoms. The maximum Gasteiger partial charge on any atom is 0.327 e. The SMILES string of the molecule is O=C(O)C1CNCCN1c1cc(=O)[nH]cn1. The molecule has 86 valence electrons. The number of carboxylic acids is 1. The van der Waals surface area contributed by atoms with Crippen LogP contribution in [0.1, 0.15) is 0 Å². The van der Waals surface area contributed by atoms with Gasteiger partial charge in [-0.2, -0.15) is 0 Å². The molecule has 1 saturated heterocycles. The molecule has 1 atom stereocenters. The van der Waals surface area contributed by atoms with E-state index in [1.165, 1.54) is 12.4 Å². The monoisotopic (exact) mass is 224 g/mol. The van der Waals surface area contributed by atoms with Gasteiger partial charge >= 0.3 is 5.97 Å². The van der Waals surface area contributed by atoms with Gasteiger partial charge in [-0.05, 0) is 0 Å². The molecule has 3 N–H and O–H groups in total. The molecule has 16 heavy (non-hydrogen) atoms. The van der Waals surface area contributed by atoms with Crippen LogP contribution in [0.2, 0.25) is 0 Å². The first-order valence-electron chi connectivity index (χ1n) is 4.93. The number of rotatable bonds is 2. The number of aromatic nitrogens is 2. The van der Waals surface area contributed by atoms with Gasteiger partial charge in [0.25, 0.3) is 5.56 Å². The van der Waals surface area contributed by atoms with Crippen LogP contribution in [-0.2, 0) is 4.79 Å². The quantitative estimate of drug-likeness (QED) is 0.573. The van der Waals surface area contributed by atoms with Gasteiger partial charge in [0.2, 0.25) is 0 Å². The molecule has 0 aliphatic carbocycles. The summed E-state index contributed by atoms with van der Waals surface area (Å²) in [7, 11) is 0. The molecular formula is C9H12N4O3. The molecule has 1 aromatic heterocycles. The Hall–Kier alpha value is -1.89. The molecular weight excluding hydrogens is 212 g/mol. The van der Waals surface area contributed by atoms with Crippen LogP contribution in [-0.4, -0.2) is 46.7 Å². The smallest absolute Gasteiger partial charge is 0.327 e. The third kappa shape index (κ3) is 2.03. The number of carbonyl (C=O) groups is 1. The Balaban J connectivity index is 2.30. The number of aliphatic carboxylic acids is 1. The molecule has 2 rings (SSSR count). The Morgan fingerprint density at radius 3 is 3.12 bits per heavy atom. The first-order valence-corrected chi connectivity index (χ1v) is 4.93. The van der Waals surface area contributed by atoms with E-state index in [0.29, 0.717) is 25.5 Å². The number of H-pyrrole nitrogens is 1. The van der Waals surface area contributed by atoms with Crippen LogP contribution in [0, 0.1) is 0 Å². The second-order valence-electron chi connectivity index (χ2n) is 3.52. The highest BCUT2D eigenvalue weighted by Crippen LogP contribution is 2.12. The van der Waals surface area contributed by atoms with Gasteiger partial charge in [-0.3, -0.25) is 4.79 Å². The minimum absolute atomic E-state index is 0.285. The maximum absolute atomic E-state index is 11.1. The predicted octanol–water partition coefficient (Wildman–Crippen LogP) is -1.37. The zero-order valence-corrected chi connectivity index (χ0v) is 8.51. The summed E-state index contributed by atoms with van der Waals surface area (Å²) in [6.07, 6.45) is 1.28. The molecule has 1 aliphatic heterocycles. The molecule has 1 aliphatic rings. The van der Waals surface area contributed by atoms with Gasteiger partial charge in [0, 0.05) is 25.7 Å². The Kier molecular flexibility index (Phi) is 2.86. The number of carboxylic acid groups (broad SMARTS) is 1. The molecule has 2 heterocycles. The summed E-state index contributed by atoms with van der Waals surface area (Å²) < 4.78 is 0. The minimum Gasteiger partial charge on any atom is -0.480 e. The van der Waals surface area contributed by atoms with E-state index in [2.05, 4.69) is 15.3 Å². The molecule has 1 aromatic rings. The van der Waals surface area contributed by atoms with E-state index in [0.717, 1.165) is 0 Å². The van der Waals surface area contributed by atoms with Crippen LogP contribution in [0.25, 0.3) is 0 Å². The highest BCUT2D eigenvalue weighted by atomic mass is 16.4. The first-order chi connectivity index (χ1) is 7.68. The van der Waals surface area contributed by atoms with Crippen molar-refractivity contribution in [1.29, 1.82) is 0 Å². The summed E-state index contributed by atoms with van der Waals surface area (Å²) in [6.45, 7) is 1.55. The van der Waals surface area contributed by atoms with Crippen molar-refractivity contribution in [2.75, 3.05) is 24.5 Å². The number of piperazine rings is 1. The van der Waals surface area contributed by atoms with Gasteiger partial charge in [-0.25, -0.2) is 9.78 Å². The fourth-order valence-electron chi connectivity index (χ4n) is 1.71. The van der Waals surface area contributed by atoms with E-state index in [-0.39, 0.29) is 5.56 Å². The fourth-order valence-corrected chi connectivity index (χ4v) is 1.71. The highest BCUT2D eigenvalue weighted by molar-refractivity contribution is 5.78. The molecule has 1 fully saturated rings. The first kappa shape index (κ1) is 10.6. The fraction of sp³-hybridized carbons (Fsp3) is 0.444. The van der Waals surface area contributed by atoms with Crippen molar-refractivity contribution in [3.05, 3.63) is 22.7 Å². The Morgan fingerprint density at radius 2 is 2.44 bits per heavy atom.